The zero-order valence-electron chi connectivity index (χ0n) is 10.3. The smallest absolute Gasteiger partial charge is 0.123 e. The van der Waals surface area contributed by atoms with Gasteiger partial charge in [0.25, 0.3) is 0 Å². The van der Waals surface area contributed by atoms with Crippen molar-refractivity contribution in [1.82, 2.24) is 14.9 Å². The zero-order valence-corrected chi connectivity index (χ0v) is 10.3. The van der Waals surface area contributed by atoms with Crippen molar-refractivity contribution >= 4 is 11.0 Å². The van der Waals surface area contributed by atoms with E-state index in [-0.39, 0.29) is 0 Å². The molecule has 1 aromatic carbocycles. The molecule has 0 aliphatic rings. The summed E-state index contributed by atoms with van der Waals surface area (Å²) in [6, 6.07) is 8.29. The van der Waals surface area contributed by atoms with Crippen LogP contribution in [-0.4, -0.2) is 22.6 Å². The highest BCUT2D eigenvalue weighted by molar-refractivity contribution is 5.75. The molecule has 0 fully saturated rings. The van der Waals surface area contributed by atoms with Crippen LogP contribution in [0.15, 0.2) is 24.3 Å². The SMILES string of the molecule is CCCn1c(CNCCN)nc2ccccc21. The number of para-hydroxylation sites is 2. The second kappa shape index (κ2) is 5.80. The van der Waals surface area contributed by atoms with Crippen LogP contribution in [0.1, 0.15) is 19.2 Å². The van der Waals surface area contributed by atoms with Crippen molar-refractivity contribution in [2.45, 2.75) is 26.4 Å². The predicted octanol–water partition coefficient (Wildman–Crippen LogP) is 1.49. The summed E-state index contributed by atoms with van der Waals surface area (Å²) in [6.45, 7) is 5.47. The largest absolute Gasteiger partial charge is 0.329 e. The van der Waals surface area contributed by atoms with Crippen molar-refractivity contribution < 1.29 is 0 Å². The monoisotopic (exact) mass is 232 g/mol. The van der Waals surface area contributed by atoms with Gasteiger partial charge in [0.05, 0.1) is 17.6 Å². The summed E-state index contributed by atoms with van der Waals surface area (Å²) in [4.78, 5) is 4.66. The van der Waals surface area contributed by atoms with Gasteiger partial charge in [0.2, 0.25) is 0 Å². The lowest BCUT2D eigenvalue weighted by Gasteiger charge is -2.08. The van der Waals surface area contributed by atoms with Crippen molar-refractivity contribution in [3.8, 4) is 0 Å². The molecule has 0 aliphatic heterocycles. The molecule has 0 bridgehead atoms. The van der Waals surface area contributed by atoms with Gasteiger partial charge in [-0.1, -0.05) is 19.1 Å². The van der Waals surface area contributed by atoms with E-state index in [2.05, 4.69) is 40.0 Å². The van der Waals surface area contributed by atoms with E-state index in [9.17, 15) is 0 Å². The van der Waals surface area contributed by atoms with Gasteiger partial charge < -0.3 is 15.6 Å². The van der Waals surface area contributed by atoms with E-state index < -0.39 is 0 Å². The van der Waals surface area contributed by atoms with Crippen LogP contribution in [0.4, 0.5) is 0 Å². The molecule has 0 unspecified atom stereocenters. The Labute approximate surface area is 102 Å². The van der Waals surface area contributed by atoms with Gasteiger partial charge in [-0.15, -0.1) is 0 Å². The molecule has 1 aromatic heterocycles. The fraction of sp³-hybridized carbons (Fsp3) is 0.462. The van der Waals surface area contributed by atoms with E-state index in [4.69, 9.17) is 5.73 Å². The van der Waals surface area contributed by atoms with Gasteiger partial charge in [0, 0.05) is 19.6 Å². The van der Waals surface area contributed by atoms with Crippen molar-refractivity contribution in [1.29, 1.82) is 0 Å². The lowest BCUT2D eigenvalue weighted by atomic mass is 10.3. The third-order valence-corrected chi connectivity index (χ3v) is 2.79. The number of nitrogens with two attached hydrogens (primary N) is 1. The first kappa shape index (κ1) is 12.1. The van der Waals surface area contributed by atoms with Crippen molar-refractivity contribution in [3.63, 3.8) is 0 Å². The fourth-order valence-corrected chi connectivity index (χ4v) is 2.04. The Kier molecular flexibility index (Phi) is 4.12. The van der Waals surface area contributed by atoms with E-state index >= 15 is 0 Å². The number of hydrogen-bond acceptors (Lipinski definition) is 3. The molecule has 0 saturated carbocycles. The quantitative estimate of drug-likeness (QED) is 0.742. The number of imidazole rings is 1. The molecule has 0 amide bonds. The summed E-state index contributed by atoms with van der Waals surface area (Å²) < 4.78 is 2.29. The Balaban J connectivity index is 2.29. The highest BCUT2D eigenvalue weighted by Gasteiger charge is 2.08. The van der Waals surface area contributed by atoms with E-state index in [0.717, 1.165) is 37.4 Å². The van der Waals surface area contributed by atoms with Crippen LogP contribution in [-0.2, 0) is 13.1 Å². The summed E-state index contributed by atoms with van der Waals surface area (Å²) in [6.07, 6.45) is 1.12. The third-order valence-electron chi connectivity index (χ3n) is 2.79. The van der Waals surface area contributed by atoms with E-state index in [1.165, 1.54) is 5.52 Å². The molecule has 3 N–H and O–H groups in total. The Bertz CT molecular complexity index is 475. The highest BCUT2D eigenvalue weighted by atomic mass is 15.1. The molecular formula is C13H20N4. The van der Waals surface area contributed by atoms with Gasteiger partial charge in [-0.2, -0.15) is 0 Å². The summed E-state index contributed by atoms with van der Waals surface area (Å²) in [5, 5.41) is 3.30. The standard InChI is InChI=1S/C13H20N4/c1-2-9-17-12-6-4-3-5-11(12)16-13(17)10-15-8-7-14/h3-6,15H,2,7-10,14H2,1H3. The minimum atomic E-state index is 0.661. The molecule has 1 heterocycles. The first-order valence-corrected chi connectivity index (χ1v) is 6.21. The molecule has 2 rings (SSSR count). The number of nitrogens with one attached hydrogen (secondary N) is 1. The molecule has 0 radical (unpaired) electrons. The van der Waals surface area contributed by atoms with Crippen LogP contribution >= 0.6 is 0 Å². The molecule has 92 valence electrons. The number of nitrogens with zero attached hydrogens (tertiary/aromatic N) is 2. The second-order valence-electron chi connectivity index (χ2n) is 4.13. The maximum atomic E-state index is 5.47. The predicted molar refractivity (Wildman–Crippen MR) is 70.8 cm³/mol. The van der Waals surface area contributed by atoms with E-state index in [1.54, 1.807) is 0 Å². The zero-order chi connectivity index (χ0) is 12.1. The van der Waals surface area contributed by atoms with Gasteiger partial charge >= 0.3 is 0 Å². The minimum Gasteiger partial charge on any atom is -0.329 e. The van der Waals surface area contributed by atoms with Gasteiger partial charge in [0.15, 0.2) is 0 Å². The number of benzene rings is 1. The number of aryl methyl sites for hydroxylation is 1. The normalized spacial score (nSPS) is 11.2. The van der Waals surface area contributed by atoms with Gasteiger partial charge in [0.1, 0.15) is 5.82 Å². The average molecular weight is 232 g/mol. The molecule has 0 atom stereocenters. The summed E-state index contributed by atoms with van der Waals surface area (Å²) >= 11 is 0. The van der Waals surface area contributed by atoms with Crippen LogP contribution < -0.4 is 11.1 Å². The second-order valence-corrected chi connectivity index (χ2v) is 4.13. The molecule has 17 heavy (non-hydrogen) atoms. The van der Waals surface area contributed by atoms with Crippen LogP contribution in [0, 0.1) is 0 Å². The topological polar surface area (TPSA) is 55.9 Å². The Hall–Kier alpha value is -1.39. The molecule has 0 aliphatic carbocycles. The highest BCUT2D eigenvalue weighted by Crippen LogP contribution is 2.16. The van der Waals surface area contributed by atoms with Crippen molar-refractivity contribution in [3.05, 3.63) is 30.1 Å². The third kappa shape index (κ3) is 2.65. The lowest BCUT2D eigenvalue weighted by Crippen LogP contribution is -2.23. The molecule has 0 saturated heterocycles. The number of hydrogen-bond donors (Lipinski definition) is 2. The number of fused-ring (bicyclic) bond motifs is 1. The molecular weight excluding hydrogens is 212 g/mol. The Morgan fingerprint density at radius 2 is 2.18 bits per heavy atom. The maximum absolute atomic E-state index is 5.47. The average Bonchev–Trinajstić information content (AvgIpc) is 2.69. The number of aromatic nitrogens is 2. The van der Waals surface area contributed by atoms with E-state index in [0.29, 0.717) is 6.54 Å². The van der Waals surface area contributed by atoms with Crippen molar-refractivity contribution in [2.24, 2.45) is 5.73 Å². The molecule has 4 nitrogen and oxygen atoms in total. The van der Waals surface area contributed by atoms with Gasteiger partial charge in [-0.25, -0.2) is 4.98 Å². The molecule has 4 heteroatoms. The Morgan fingerprint density at radius 3 is 2.94 bits per heavy atom. The first-order valence-electron chi connectivity index (χ1n) is 6.21. The fourth-order valence-electron chi connectivity index (χ4n) is 2.04. The minimum absolute atomic E-state index is 0.661. The maximum Gasteiger partial charge on any atom is 0.123 e. The summed E-state index contributed by atoms with van der Waals surface area (Å²) in [5.41, 5.74) is 7.77. The molecule has 0 spiro atoms. The van der Waals surface area contributed by atoms with Crippen molar-refractivity contribution in [2.75, 3.05) is 13.1 Å². The van der Waals surface area contributed by atoms with Crippen LogP contribution in [0.5, 0.6) is 0 Å². The van der Waals surface area contributed by atoms with E-state index in [1.807, 2.05) is 6.07 Å². The van der Waals surface area contributed by atoms with Crippen LogP contribution in [0.3, 0.4) is 0 Å². The van der Waals surface area contributed by atoms with Gasteiger partial charge in [-0.05, 0) is 18.6 Å². The number of rotatable bonds is 6. The van der Waals surface area contributed by atoms with Crippen LogP contribution in [0.2, 0.25) is 0 Å². The lowest BCUT2D eigenvalue weighted by molar-refractivity contribution is 0.602. The first-order chi connectivity index (χ1) is 8.36. The Morgan fingerprint density at radius 1 is 1.35 bits per heavy atom. The summed E-state index contributed by atoms with van der Waals surface area (Å²) in [7, 11) is 0. The van der Waals surface area contributed by atoms with Crippen LogP contribution in [0.25, 0.3) is 11.0 Å². The summed E-state index contributed by atoms with van der Waals surface area (Å²) in [5.74, 6) is 1.10. The molecule has 2 aromatic rings. The van der Waals surface area contributed by atoms with Gasteiger partial charge in [-0.3, -0.25) is 0 Å².